The van der Waals surface area contributed by atoms with E-state index in [0.717, 1.165) is 5.69 Å². The molecule has 0 spiro atoms. The van der Waals surface area contributed by atoms with Crippen molar-refractivity contribution in [3.63, 3.8) is 0 Å². The van der Waals surface area contributed by atoms with Crippen LogP contribution >= 0.6 is 0 Å². The van der Waals surface area contributed by atoms with Crippen LogP contribution in [0.3, 0.4) is 0 Å². The topological polar surface area (TPSA) is 83.1 Å². The Labute approximate surface area is 73.7 Å². The molecule has 6 heteroatoms. The number of tetrazole rings is 1. The summed E-state index contributed by atoms with van der Waals surface area (Å²) in [5.74, 6) is 1.22. The van der Waals surface area contributed by atoms with Crippen LogP contribution in [-0.4, -0.2) is 30.8 Å². The van der Waals surface area contributed by atoms with Crippen LogP contribution in [0.5, 0.6) is 0 Å². The molecule has 2 aromatic rings. The molecule has 0 radical (unpaired) electrons. The molecule has 1 aliphatic carbocycles. The van der Waals surface area contributed by atoms with Crippen molar-refractivity contribution < 1.29 is 0 Å². The first-order valence-electron chi connectivity index (χ1n) is 4.22. The zero-order chi connectivity index (χ0) is 8.67. The van der Waals surface area contributed by atoms with Gasteiger partial charge in [-0.25, -0.2) is 0 Å². The van der Waals surface area contributed by atoms with Crippen LogP contribution in [0.2, 0.25) is 0 Å². The molecule has 0 aromatic carbocycles. The van der Waals surface area contributed by atoms with Crippen LogP contribution < -0.4 is 0 Å². The summed E-state index contributed by atoms with van der Waals surface area (Å²) >= 11 is 0. The van der Waals surface area contributed by atoms with Gasteiger partial charge < -0.3 is 0 Å². The summed E-state index contributed by atoms with van der Waals surface area (Å²) < 4.78 is 0. The number of nitrogens with one attached hydrogen (secondary N) is 2. The number of H-pyrrole nitrogens is 2. The number of rotatable bonds is 2. The van der Waals surface area contributed by atoms with Gasteiger partial charge in [-0.3, -0.25) is 5.10 Å². The predicted octanol–water partition coefficient (Wildman–Crippen LogP) is 0.467. The Morgan fingerprint density at radius 3 is 2.92 bits per heavy atom. The second kappa shape index (κ2) is 2.38. The SMILES string of the molecule is c1c(-c2nn[nH]n2)n[nH]c1C1CC1. The van der Waals surface area contributed by atoms with E-state index >= 15 is 0 Å². The maximum Gasteiger partial charge on any atom is 0.224 e. The van der Waals surface area contributed by atoms with E-state index in [4.69, 9.17) is 0 Å². The highest BCUT2D eigenvalue weighted by Gasteiger charge is 2.26. The molecule has 0 unspecified atom stereocenters. The van der Waals surface area contributed by atoms with E-state index in [0.29, 0.717) is 11.7 Å². The van der Waals surface area contributed by atoms with Crippen molar-refractivity contribution in [2.75, 3.05) is 0 Å². The fourth-order valence-electron chi connectivity index (χ4n) is 1.32. The van der Waals surface area contributed by atoms with E-state index in [1.165, 1.54) is 18.5 Å². The Hall–Kier alpha value is -1.72. The molecule has 6 nitrogen and oxygen atoms in total. The number of hydrogen-bond donors (Lipinski definition) is 2. The van der Waals surface area contributed by atoms with E-state index in [-0.39, 0.29) is 0 Å². The van der Waals surface area contributed by atoms with Gasteiger partial charge >= 0.3 is 0 Å². The monoisotopic (exact) mass is 176 g/mol. The zero-order valence-electron chi connectivity index (χ0n) is 6.86. The molecule has 13 heavy (non-hydrogen) atoms. The molecule has 66 valence electrons. The smallest absolute Gasteiger partial charge is 0.224 e. The van der Waals surface area contributed by atoms with Crippen LogP contribution in [0.15, 0.2) is 6.07 Å². The van der Waals surface area contributed by atoms with Crippen LogP contribution in [0.1, 0.15) is 24.5 Å². The Kier molecular flexibility index (Phi) is 1.24. The third-order valence-electron chi connectivity index (χ3n) is 2.19. The molecule has 1 aliphatic rings. The first-order valence-corrected chi connectivity index (χ1v) is 4.22. The summed E-state index contributed by atoms with van der Waals surface area (Å²) in [6.45, 7) is 0. The summed E-state index contributed by atoms with van der Waals surface area (Å²) in [5, 5.41) is 20.7. The minimum absolute atomic E-state index is 0.545. The fraction of sp³-hybridized carbons (Fsp3) is 0.429. The van der Waals surface area contributed by atoms with Gasteiger partial charge in [0.05, 0.1) is 0 Å². The molecular formula is C7H8N6. The van der Waals surface area contributed by atoms with E-state index < -0.39 is 0 Å². The largest absolute Gasteiger partial charge is 0.282 e. The third-order valence-corrected chi connectivity index (χ3v) is 2.19. The molecule has 2 heterocycles. The average Bonchev–Trinajstić information content (AvgIpc) is 2.72. The summed E-state index contributed by atoms with van der Waals surface area (Å²) in [6, 6.07) is 1.99. The fourth-order valence-corrected chi connectivity index (χ4v) is 1.32. The predicted molar refractivity (Wildman–Crippen MR) is 43.7 cm³/mol. The lowest BCUT2D eigenvalue weighted by atomic mass is 10.2. The molecule has 0 bridgehead atoms. The van der Waals surface area contributed by atoms with Gasteiger partial charge in [0, 0.05) is 11.6 Å². The van der Waals surface area contributed by atoms with Crippen LogP contribution in [0.4, 0.5) is 0 Å². The van der Waals surface area contributed by atoms with Gasteiger partial charge in [0.1, 0.15) is 5.69 Å². The van der Waals surface area contributed by atoms with Crippen molar-refractivity contribution in [1.29, 1.82) is 0 Å². The lowest BCUT2D eigenvalue weighted by Gasteiger charge is -1.83. The van der Waals surface area contributed by atoms with Gasteiger partial charge in [-0.2, -0.15) is 10.3 Å². The number of hydrogen-bond acceptors (Lipinski definition) is 4. The Balaban J connectivity index is 1.97. The second-order valence-corrected chi connectivity index (χ2v) is 3.22. The second-order valence-electron chi connectivity index (χ2n) is 3.22. The van der Waals surface area contributed by atoms with Crippen molar-refractivity contribution in [2.24, 2.45) is 0 Å². The molecule has 0 atom stereocenters. The Morgan fingerprint density at radius 1 is 1.31 bits per heavy atom. The first kappa shape index (κ1) is 6.76. The average molecular weight is 176 g/mol. The maximum atomic E-state index is 4.11. The molecule has 0 amide bonds. The molecule has 2 aromatic heterocycles. The minimum Gasteiger partial charge on any atom is -0.282 e. The van der Waals surface area contributed by atoms with Gasteiger partial charge in [0.25, 0.3) is 0 Å². The van der Waals surface area contributed by atoms with Gasteiger partial charge in [0.15, 0.2) is 0 Å². The van der Waals surface area contributed by atoms with E-state index in [9.17, 15) is 0 Å². The van der Waals surface area contributed by atoms with E-state index in [1.54, 1.807) is 0 Å². The molecule has 2 N–H and O–H groups in total. The zero-order valence-corrected chi connectivity index (χ0v) is 6.86. The quantitative estimate of drug-likeness (QED) is 0.696. The number of aromatic amines is 2. The Morgan fingerprint density at radius 2 is 2.23 bits per heavy atom. The highest BCUT2D eigenvalue weighted by Crippen LogP contribution is 2.39. The van der Waals surface area contributed by atoms with Gasteiger partial charge in [-0.1, -0.05) is 0 Å². The lowest BCUT2D eigenvalue weighted by molar-refractivity contribution is 0.881. The van der Waals surface area contributed by atoms with Crippen LogP contribution in [0, 0.1) is 0 Å². The Bertz CT molecular complexity index is 398. The molecule has 1 saturated carbocycles. The van der Waals surface area contributed by atoms with Crippen molar-refractivity contribution in [1.82, 2.24) is 30.8 Å². The van der Waals surface area contributed by atoms with Gasteiger partial charge in [-0.05, 0) is 24.1 Å². The van der Waals surface area contributed by atoms with Crippen molar-refractivity contribution in [3.8, 4) is 11.5 Å². The summed E-state index contributed by atoms with van der Waals surface area (Å²) in [7, 11) is 0. The normalized spacial score (nSPS) is 16.3. The highest BCUT2D eigenvalue weighted by molar-refractivity contribution is 5.48. The number of aromatic nitrogens is 6. The molecule has 1 fully saturated rings. The third kappa shape index (κ3) is 1.10. The summed E-state index contributed by atoms with van der Waals surface area (Å²) in [6.07, 6.45) is 2.52. The summed E-state index contributed by atoms with van der Waals surface area (Å²) in [5.41, 5.74) is 1.94. The molecule has 0 saturated heterocycles. The van der Waals surface area contributed by atoms with E-state index in [2.05, 4.69) is 30.8 Å². The summed E-state index contributed by atoms with van der Waals surface area (Å²) in [4.78, 5) is 0. The standard InChI is InChI=1S/C7H8N6/c1-2-4(1)5-3-6(9-8-5)7-10-12-13-11-7/h3-4H,1-2H2,(H,8,9)(H,10,11,12,13). The van der Waals surface area contributed by atoms with Crippen molar-refractivity contribution >= 4 is 0 Å². The maximum absolute atomic E-state index is 4.11. The molecular weight excluding hydrogens is 168 g/mol. The molecule has 3 rings (SSSR count). The lowest BCUT2D eigenvalue weighted by Crippen LogP contribution is -1.79. The van der Waals surface area contributed by atoms with Crippen LogP contribution in [-0.2, 0) is 0 Å². The van der Waals surface area contributed by atoms with Crippen molar-refractivity contribution in [2.45, 2.75) is 18.8 Å². The highest BCUT2D eigenvalue weighted by atomic mass is 15.5. The van der Waals surface area contributed by atoms with Crippen molar-refractivity contribution in [3.05, 3.63) is 11.8 Å². The van der Waals surface area contributed by atoms with Gasteiger partial charge in [0.2, 0.25) is 5.82 Å². The van der Waals surface area contributed by atoms with Gasteiger partial charge in [-0.15, -0.1) is 10.2 Å². The van der Waals surface area contributed by atoms with Crippen LogP contribution in [0.25, 0.3) is 11.5 Å². The molecule has 0 aliphatic heterocycles. The minimum atomic E-state index is 0.545. The van der Waals surface area contributed by atoms with E-state index in [1.807, 2.05) is 6.07 Å². The first-order chi connectivity index (χ1) is 6.43. The number of nitrogens with zero attached hydrogens (tertiary/aromatic N) is 4.